The lowest BCUT2D eigenvalue weighted by atomic mass is 10.1. The molecule has 136 valence electrons. The third-order valence-electron chi connectivity index (χ3n) is 4.04. The minimum absolute atomic E-state index is 0.167. The molecule has 26 heavy (non-hydrogen) atoms. The maximum Gasteiger partial charge on any atom is 0.338 e. The summed E-state index contributed by atoms with van der Waals surface area (Å²) in [5.74, 6) is -0.280. The number of benzene rings is 1. The first-order chi connectivity index (χ1) is 12.6. The number of thiophene rings is 1. The van der Waals surface area contributed by atoms with Gasteiger partial charge in [0.25, 0.3) is 0 Å². The zero-order chi connectivity index (χ0) is 18.4. The van der Waals surface area contributed by atoms with Gasteiger partial charge in [-0.25, -0.2) is 9.18 Å². The van der Waals surface area contributed by atoms with E-state index in [1.54, 1.807) is 16.2 Å². The van der Waals surface area contributed by atoms with Gasteiger partial charge in [-0.3, -0.25) is 0 Å². The monoisotopic (exact) mass is 389 g/mol. The molecule has 3 rings (SSSR count). The molecule has 1 aliphatic rings. The highest BCUT2D eigenvalue weighted by Gasteiger charge is 2.28. The third-order valence-corrected chi connectivity index (χ3v) is 6.12. The number of rotatable bonds is 8. The molecule has 0 spiro atoms. The van der Waals surface area contributed by atoms with Gasteiger partial charge in [0.05, 0.1) is 17.1 Å². The van der Waals surface area contributed by atoms with Crippen LogP contribution in [0.1, 0.15) is 16.9 Å². The molecule has 0 radical (unpaired) electrons. The molecular weight excluding hydrogens is 369 g/mol. The quantitative estimate of drug-likeness (QED) is 0.505. The van der Waals surface area contributed by atoms with E-state index in [0.29, 0.717) is 11.6 Å². The van der Waals surface area contributed by atoms with Crippen molar-refractivity contribution in [3.05, 3.63) is 81.0 Å². The molecule has 2 heterocycles. The predicted octanol–water partition coefficient (Wildman–Crippen LogP) is 5.08. The summed E-state index contributed by atoms with van der Waals surface area (Å²) in [6, 6.07) is 14.0. The van der Waals surface area contributed by atoms with Crippen molar-refractivity contribution in [1.29, 1.82) is 0 Å². The average molecular weight is 390 g/mol. The van der Waals surface area contributed by atoms with Gasteiger partial charge in [-0.2, -0.15) is 0 Å². The molecule has 1 N–H and O–H groups in total. The predicted molar refractivity (Wildman–Crippen MR) is 106 cm³/mol. The number of carboxylic acids is 1. The zero-order valence-electron chi connectivity index (χ0n) is 14.2. The van der Waals surface area contributed by atoms with Gasteiger partial charge in [-0.1, -0.05) is 36.4 Å². The Morgan fingerprint density at radius 1 is 1.23 bits per heavy atom. The molecule has 3 nitrogen and oxygen atoms in total. The Morgan fingerprint density at radius 2 is 2.04 bits per heavy atom. The van der Waals surface area contributed by atoms with Crippen LogP contribution in [0.4, 0.5) is 4.39 Å². The number of nitrogens with zero attached hydrogens (tertiary/aromatic N) is 1. The molecule has 1 atom stereocenters. The first-order valence-corrected chi connectivity index (χ1v) is 10.3. The summed E-state index contributed by atoms with van der Waals surface area (Å²) >= 11 is 2.97. The van der Waals surface area contributed by atoms with E-state index < -0.39 is 12.3 Å². The van der Waals surface area contributed by atoms with Crippen LogP contribution < -0.4 is 0 Å². The van der Waals surface area contributed by atoms with Crippen molar-refractivity contribution in [2.24, 2.45) is 0 Å². The van der Waals surface area contributed by atoms with Crippen LogP contribution in [0.25, 0.3) is 0 Å². The second kappa shape index (κ2) is 9.05. The summed E-state index contributed by atoms with van der Waals surface area (Å²) in [4.78, 5) is 14.2. The second-order valence-electron chi connectivity index (χ2n) is 5.90. The van der Waals surface area contributed by atoms with Gasteiger partial charge in [0, 0.05) is 4.88 Å². The molecule has 1 unspecified atom stereocenters. The van der Waals surface area contributed by atoms with Crippen LogP contribution in [0.2, 0.25) is 0 Å². The van der Waals surface area contributed by atoms with Gasteiger partial charge >= 0.3 is 5.97 Å². The van der Waals surface area contributed by atoms with Gasteiger partial charge < -0.3 is 10.0 Å². The fourth-order valence-corrected chi connectivity index (χ4v) is 4.59. The van der Waals surface area contributed by atoms with Crippen LogP contribution in [-0.2, 0) is 17.8 Å². The summed E-state index contributed by atoms with van der Waals surface area (Å²) in [7, 11) is 0. The minimum Gasteiger partial charge on any atom is -0.478 e. The minimum atomic E-state index is -1.31. The highest BCUT2D eigenvalue weighted by atomic mass is 32.2. The summed E-state index contributed by atoms with van der Waals surface area (Å²) in [5, 5.41) is 12.0. The van der Waals surface area contributed by atoms with E-state index in [-0.39, 0.29) is 5.57 Å². The van der Waals surface area contributed by atoms with Crippen molar-refractivity contribution in [3.63, 3.8) is 0 Å². The summed E-state index contributed by atoms with van der Waals surface area (Å²) in [5.41, 5.74) is 1.42. The van der Waals surface area contributed by atoms with E-state index in [1.165, 1.54) is 29.5 Å². The summed E-state index contributed by atoms with van der Waals surface area (Å²) < 4.78 is 14.5. The molecule has 0 saturated heterocycles. The number of hydrogen-bond acceptors (Lipinski definition) is 4. The molecule has 6 heteroatoms. The fourth-order valence-electron chi connectivity index (χ4n) is 2.76. The number of hydrogen-bond donors (Lipinski definition) is 1. The van der Waals surface area contributed by atoms with Crippen molar-refractivity contribution < 1.29 is 14.3 Å². The number of carbonyl (C=O) groups is 1. The van der Waals surface area contributed by atoms with Gasteiger partial charge in [0.2, 0.25) is 0 Å². The zero-order valence-corrected chi connectivity index (χ0v) is 15.8. The lowest BCUT2D eigenvalue weighted by Crippen LogP contribution is -2.32. The topological polar surface area (TPSA) is 40.5 Å². The Bertz CT molecular complexity index is 787. The van der Waals surface area contributed by atoms with Crippen molar-refractivity contribution in [3.8, 4) is 0 Å². The number of carboxylic acid groups (broad SMARTS) is 1. The molecule has 2 aromatic rings. The van der Waals surface area contributed by atoms with Crippen LogP contribution in [0.3, 0.4) is 0 Å². The van der Waals surface area contributed by atoms with Crippen molar-refractivity contribution >= 4 is 29.1 Å². The Balaban J connectivity index is 1.69. The highest BCUT2D eigenvalue weighted by Crippen LogP contribution is 2.34. The van der Waals surface area contributed by atoms with Crippen LogP contribution in [-0.4, -0.2) is 28.0 Å². The van der Waals surface area contributed by atoms with Gasteiger partial charge in [-0.15, -0.1) is 23.1 Å². The number of alkyl halides is 1. The molecule has 1 aromatic heterocycles. The van der Waals surface area contributed by atoms with E-state index in [0.717, 1.165) is 23.5 Å². The van der Waals surface area contributed by atoms with Crippen LogP contribution >= 0.6 is 23.1 Å². The Hall–Kier alpha value is -2.05. The van der Waals surface area contributed by atoms with E-state index >= 15 is 0 Å². The van der Waals surface area contributed by atoms with Crippen LogP contribution in [0, 0.1) is 0 Å². The molecular formula is C20H20FNO2S2. The smallest absolute Gasteiger partial charge is 0.338 e. The van der Waals surface area contributed by atoms with Crippen molar-refractivity contribution in [1.82, 2.24) is 4.90 Å². The fraction of sp³-hybridized carbons (Fsp3) is 0.250. The first-order valence-electron chi connectivity index (χ1n) is 8.41. The Kier molecular flexibility index (Phi) is 6.52. The lowest BCUT2D eigenvalue weighted by molar-refractivity contribution is -0.132. The molecule has 1 aliphatic heterocycles. The summed E-state index contributed by atoms with van der Waals surface area (Å²) in [6.07, 6.45) is 3.21. The second-order valence-corrected chi connectivity index (χ2v) is 8.02. The molecule has 0 bridgehead atoms. The average Bonchev–Trinajstić information content (AvgIpc) is 3.15. The SMILES string of the molecule is O=C(O)C1=C(SCCCc2ccccc2)N(Cc2cccs2)C(F)C=C1. The maximum absolute atomic E-state index is 14.5. The van der Waals surface area contributed by atoms with Crippen molar-refractivity contribution in [2.45, 2.75) is 25.7 Å². The number of halogens is 1. The lowest BCUT2D eigenvalue weighted by Gasteiger charge is -2.32. The number of aryl methyl sites for hydroxylation is 1. The van der Waals surface area contributed by atoms with E-state index in [2.05, 4.69) is 12.1 Å². The number of aliphatic carboxylic acids is 1. The first kappa shape index (κ1) is 18.7. The normalized spacial score (nSPS) is 17.0. The van der Waals surface area contributed by atoms with Gasteiger partial charge in [0.15, 0.2) is 6.30 Å². The molecule has 0 amide bonds. The van der Waals surface area contributed by atoms with Gasteiger partial charge in [0.1, 0.15) is 0 Å². The standard InChI is InChI=1S/C20H20FNO2S2/c21-18-11-10-17(20(23)24)19(22(18)14-16-9-5-12-25-16)26-13-4-8-15-6-2-1-3-7-15/h1-3,5-7,9-12,18H,4,8,13-14H2,(H,23,24). The molecule has 1 aromatic carbocycles. The molecule has 0 fully saturated rings. The molecule has 0 saturated carbocycles. The maximum atomic E-state index is 14.5. The third kappa shape index (κ3) is 4.77. The van der Waals surface area contributed by atoms with Crippen molar-refractivity contribution in [2.75, 3.05) is 5.75 Å². The summed E-state index contributed by atoms with van der Waals surface area (Å²) in [6.45, 7) is 0.376. The Labute approximate surface area is 160 Å². The van der Waals surface area contributed by atoms with Crippen LogP contribution in [0.5, 0.6) is 0 Å². The highest BCUT2D eigenvalue weighted by molar-refractivity contribution is 8.03. The van der Waals surface area contributed by atoms with E-state index in [4.69, 9.17) is 0 Å². The van der Waals surface area contributed by atoms with E-state index in [1.807, 2.05) is 35.7 Å². The molecule has 0 aliphatic carbocycles. The van der Waals surface area contributed by atoms with Crippen LogP contribution in [0.15, 0.2) is 70.6 Å². The largest absolute Gasteiger partial charge is 0.478 e. The Morgan fingerprint density at radius 3 is 2.73 bits per heavy atom. The van der Waals surface area contributed by atoms with E-state index in [9.17, 15) is 14.3 Å². The number of thioether (sulfide) groups is 1. The van der Waals surface area contributed by atoms with Gasteiger partial charge in [-0.05, 0) is 47.8 Å².